The third-order valence-corrected chi connectivity index (χ3v) is 4.59. The Labute approximate surface area is 166 Å². The van der Waals surface area contributed by atoms with Crippen LogP contribution in [0.15, 0.2) is 66.9 Å². The Morgan fingerprint density at radius 1 is 1.07 bits per heavy atom. The van der Waals surface area contributed by atoms with Gasteiger partial charge >= 0.3 is 0 Å². The van der Waals surface area contributed by atoms with Gasteiger partial charge in [-0.2, -0.15) is 5.10 Å². The molecule has 3 aromatic rings. The van der Waals surface area contributed by atoms with Crippen LogP contribution in [-0.2, 0) is 17.9 Å². The first-order chi connectivity index (χ1) is 13.5. The predicted octanol–water partition coefficient (Wildman–Crippen LogP) is 3.59. The molecule has 1 heterocycles. The van der Waals surface area contributed by atoms with Gasteiger partial charge in [0.25, 0.3) is 0 Å². The summed E-state index contributed by atoms with van der Waals surface area (Å²) in [6, 6.07) is 19.8. The first-order valence-electron chi connectivity index (χ1n) is 9.72. The number of benzene rings is 2. The predicted molar refractivity (Wildman–Crippen MR) is 112 cm³/mol. The van der Waals surface area contributed by atoms with Crippen molar-refractivity contribution in [1.29, 1.82) is 0 Å². The van der Waals surface area contributed by atoms with Crippen molar-refractivity contribution in [2.45, 2.75) is 39.4 Å². The minimum absolute atomic E-state index is 0.122. The van der Waals surface area contributed by atoms with E-state index in [2.05, 4.69) is 31.3 Å². The quantitative estimate of drug-likeness (QED) is 0.631. The van der Waals surface area contributed by atoms with Gasteiger partial charge < -0.3 is 11.1 Å². The Balaban J connectivity index is 1.79. The van der Waals surface area contributed by atoms with Gasteiger partial charge in [-0.3, -0.25) is 9.48 Å². The summed E-state index contributed by atoms with van der Waals surface area (Å²) in [5.74, 6) is 0.262. The van der Waals surface area contributed by atoms with E-state index in [0.29, 0.717) is 25.4 Å². The highest BCUT2D eigenvalue weighted by Crippen LogP contribution is 2.22. The maximum Gasteiger partial charge on any atom is 0.237 e. The molecule has 0 aliphatic carbocycles. The van der Waals surface area contributed by atoms with Crippen molar-refractivity contribution < 1.29 is 4.79 Å². The molecule has 2 aromatic carbocycles. The third-order valence-electron chi connectivity index (χ3n) is 4.59. The van der Waals surface area contributed by atoms with Crippen LogP contribution in [0.25, 0.3) is 11.3 Å². The summed E-state index contributed by atoms with van der Waals surface area (Å²) in [4.78, 5) is 12.3. The molecule has 0 unspecified atom stereocenters. The number of aromatic nitrogens is 2. The molecule has 1 aromatic heterocycles. The molecule has 28 heavy (non-hydrogen) atoms. The monoisotopic (exact) mass is 376 g/mol. The molecule has 3 rings (SSSR count). The highest BCUT2D eigenvalue weighted by Gasteiger charge is 2.17. The smallest absolute Gasteiger partial charge is 0.237 e. The van der Waals surface area contributed by atoms with Gasteiger partial charge in [-0.15, -0.1) is 0 Å². The van der Waals surface area contributed by atoms with E-state index in [4.69, 9.17) is 10.8 Å². The zero-order valence-electron chi connectivity index (χ0n) is 16.5. The minimum Gasteiger partial charge on any atom is -0.351 e. The molecular weight excluding hydrogens is 348 g/mol. The van der Waals surface area contributed by atoms with Crippen LogP contribution >= 0.6 is 0 Å². The van der Waals surface area contributed by atoms with Crippen LogP contribution < -0.4 is 11.1 Å². The van der Waals surface area contributed by atoms with Crippen molar-refractivity contribution in [3.8, 4) is 11.3 Å². The van der Waals surface area contributed by atoms with Crippen LogP contribution in [0.4, 0.5) is 0 Å². The number of hydrogen-bond donors (Lipinski definition) is 2. The lowest BCUT2D eigenvalue weighted by Gasteiger charge is -2.14. The van der Waals surface area contributed by atoms with E-state index in [0.717, 1.165) is 16.8 Å². The molecule has 0 spiro atoms. The lowest BCUT2D eigenvalue weighted by atomic mass is 10.0. The molecule has 0 aliphatic heterocycles. The number of nitrogens with zero attached hydrogens (tertiary/aromatic N) is 2. The fraction of sp³-hybridized carbons (Fsp3) is 0.304. The van der Waals surface area contributed by atoms with E-state index in [-0.39, 0.29) is 5.91 Å². The van der Waals surface area contributed by atoms with Crippen LogP contribution in [-0.4, -0.2) is 21.7 Å². The molecule has 0 saturated heterocycles. The molecule has 146 valence electrons. The Hall–Kier alpha value is -2.92. The van der Waals surface area contributed by atoms with Gasteiger partial charge in [0.2, 0.25) is 5.91 Å². The molecule has 1 amide bonds. The first kappa shape index (κ1) is 19.8. The molecule has 0 aliphatic rings. The van der Waals surface area contributed by atoms with Crippen molar-refractivity contribution in [3.05, 3.63) is 78.0 Å². The summed E-state index contributed by atoms with van der Waals surface area (Å²) in [7, 11) is 0. The number of nitrogens with one attached hydrogen (secondary N) is 1. The third kappa shape index (κ3) is 5.30. The van der Waals surface area contributed by atoms with Gasteiger partial charge in [-0.25, -0.2) is 0 Å². The van der Waals surface area contributed by atoms with E-state index in [9.17, 15) is 4.79 Å². The zero-order valence-corrected chi connectivity index (χ0v) is 16.5. The van der Waals surface area contributed by atoms with E-state index >= 15 is 0 Å². The maximum atomic E-state index is 12.3. The van der Waals surface area contributed by atoms with Crippen molar-refractivity contribution in [2.24, 2.45) is 11.7 Å². The van der Waals surface area contributed by atoms with E-state index in [1.54, 1.807) is 0 Å². The largest absolute Gasteiger partial charge is 0.351 e. The van der Waals surface area contributed by atoms with Gasteiger partial charge in [0.15, 0.2) is 0 Å². The summed E-state index contributed by atoms with van der Waals surface area (Å²) in [5.41, 5.74) is 10.1. The van der Waals surface area contributed by atoms with Crippen molar-refractivity contribution >= 4 is 5.91 Å². The fourth-order valence-electron chi connectivity index (χ4n) is 3.21. The number of carbonyl (C=O) groups excluding carboxylic acids is 1. The summed E-state index contributed by atoms with van der Waals surface area (Å²) >= 11 is 0. The average Bonchev–Trinajstić information content (AvgIpc) is 3.09. The second kappa shape index (κ2) is 9.33. The Kier molecular flexibility index (Phi) is 6.61. The topological polar surface area (TPSA) is 72.9 Å². The van der Waals surface area contributed by atoms with E-state index in [1.165, 1.54) is 5.56 Å². The fourth-order valence-corrected chi connectivity index (χ4v) is 3.21. The minimum atomic E-state index is -0.487. The molecule has 1 atom stereocenters. The van der Waals surface area contributed by atoms with Gasteiger partial charge in [0, 0.05) is 23.9 Å². The first-order valence-corrected chi connectivity index (χ1v) is 9.72. The Bertz CT molecular complexity index is 887. The standard InChI is InChI=1S/C23H28N4O/c1-17(2)13-21(24)23(28)25-14-20-16-27(15-18-9-5-3-6-10-18)26-22(20)19-11-7-4-8-12-19/h3-12,16-17,21H,13-15,24H2,1-2H3,(H,25,28)/t21-/m0/s1. The Morgan fingerprint density at radius 3 is 2.36 bits per heavy atom. The number of hydrogen-bond acceptors (Lipinski definition) is 3. The van der Waals surface area contributed by atoms with Crippen molar-refractivity contribution in [3.63, 3.8) is 0 Å². The molecule has 0 radical (unpaired) electrons. The zero-order chi connectivity index (χ0) is 19.9. The lowest BCUT2D eigenvalue weighted by Crippen LogP contribution is -2.41. The van der Waals surface area contributed by atoms with Crippen molar-refractivity contribution in [1.82, 2.24) is 15.1 Å². The van der Waals surface area contributed by atoms with E-state index in [1.807, 2.05) is 59.4 Å². The van der Waals surface area contributed by atoms with E-state index < -0.39 is 6.04 Å². The second-order valence-electron chi connectivity index (χ2n) is 7.51. The summed E-state index contributed by atoms with van der Waals surface area (Å²) < 4.78 is 1.92. The summed E-state index contributed by atoms with van der Waals surface area (Å²) in [6.45, 7) is 5.22. The number of rotatable bonds is 8. The molecular formula is C23H28N4O. The van der Waals surface area contributed by atoms with Gasteiger partial charge in [-0.05, 0) is 17.9 Å². The number of nitrogens with two attached hydrogens (primary N) is 1. The van der Waals surface area contributed by atoms with Gasteiger partial charge in [-0.1, -0.05) is 74.5 Å². The highest BCUT2D eigenvalue weighted by molar-refractivity contribution is 5.81. The summed E-state index contributed by atoms with van der Waals surface area (Å²) in [5, 5.41) is 7.76. The molecule has 0 saturated carbocycles. The highest BCUT2D eigenvalue weighted by atomic mass is 16.2. The van der Waals surface area contributed by atoms with Crippen LogP contribution in [0, 0.1) is 5.92 Å². The van der Waals surface area contributed by atoms with Gasteiger partial charge in [0.1, 0.15) is 0 Å². The molecule has 3 N–H and O–H groups in total. The number of amides is 1. The number of carbonyl (C=O) groups is 1. The van der Waals surface area contributed by atoms with Crippen LogP contribution in [0.3, 0.4) is 0 Å². The molecule has 5 nitrogen and oxygen atoms in total. The maximum absolute atomic E-state index is 12.3. The van der Waals surface area contributed by atoms with Gasteiger partial charge in [0.05, 0.1) is 18.3 Å². The van der Waals surface area contributed by atoms with Crippen molar-refractivity contribution in [2.75, 3.05) is 0 Å². The SMILES string of the molecule is CC(C)C[C@H](N)C(=O)NCc1cn(Cc2ccccc2)nc1-c1ccccc1. The molecule has 5 heteroatoms. The molecule has 0 bridgehead atoms. The molecule has 0 fully saturated rings. The second-order valence-corrected chi connectivity index (χ2v) is 7.51. The van der Waals surface area contributed by atoms with Crippen LogP contribution in [0.1, 0.15) is 31.4 Å². The average molecular weight is 377 g/mol. The Morgan fingerprint density at radius 2 is 1.71 bits per heavy atom. The normalized spacial score (nSPS) is 12.1. The lowest BCUT2D eigenvalue weighted by molar-refractivity contribution is -0.122. The van der Waals surface area contributed by atoms with Crippen LogP contribution in [0.2, 0.25) is 0 Å². The van der Waals surface area contributed by atoms with Crippen LogP contribution in [0.5, 0.6) is 0 Å². The summed E-state index contributed by atoms with van der Waals surface area (Å²) in [6.07, 6.45) is 2.67.